The Kier molecular flexibility index (Phi) is 8.50. The van der Waals surface area contributed by atoms with E-state index in [1.165, 1.54) is 43.4 Å². The summed E-state index contributed by atoms with van der Waals surface area (Å²) in [6.07, 6.45) is 10.8. The van der Waals surface area contributed by atoms with Gasteiger partial charge in [0.05, 0.1) is 11.0 Å². The SMILES string of the molecule is CCCCCCCn1c(CCCCCNC(C)=O)nc2ccccc21. The highest BCUT2D eigenvalue weighted by Crippen LogP contribution is 2.19. The van der Waals surface area contributed by atoms with Crippen molar-refractivity contribution in [2.75, 3.05) is 6.54 Å². The molecule has 0 aliphatic heterocycles. The van der Waals surface area contributed by atoms with Crippen molar-refractivity contribution < 1.29 is 4.79 Å². The average molecular weight is 344 g/mol. The number of amides is 1. The second kappa shape index (κ2) is 10.9. The third-order valence-electron chi connectivity index (χ3n) is 4.67. The summed E-state index contributed by atoms with van der Waals surface area (Å²) >= 11 is 0. The third-order valence-corrected chi connectivity index (χ3v) is 4.67. The molecular weight excluding hydrogens is 310 g/mol. The minimum Gasteiger partial charge on any atom is -0.356 e. The molecular formula is C21H33N3O. The second-order valence-corrected chi connectivity index (χ2v) is 6.88. The van der Waals surface area contributed by atoms with Gasteiger partial charge >= 0.3 is 0 Å². The maximum Gasteiger partial charge on any atom is 0.216 e. The summed E-state index contributed by atoms with van der Waals surface area (Å²) in [5.74, 6) is 1.28. The van der Waals surface area contributed by atoms with Crippen LogP contribution in [0.4, 0.5) is 0 Å². The van der Waals surface area contributed by atoms with Crippen LogP contribution < -0.4 is 5.32 Å². The van der Waals surface area contributed by atoms with Gasteiger partial charge < -0.3 is 9.88 Å². The number of carbonyl (C=O) groups is 1. The van der Waals surface area contributed by atoms with Crippen LogP contribution in [-0.4, -0.2) is 22.0 Å². The van der Waals surface area contributed by atoms with Gasteiger partial charge in [-0.2, -0.15) is 0 Å². The van der Waals surface area contributed by atoms with Crippen LogP contribution in [0.3, 0.4) is 0 Å². The number of hydrogen-bond donors (Lipinski definition) is 1. The molecule has 4 nitrogen and oxygen atoms in total. The fourth-order valence-electron chi connectivity index (χ4n) is 3.29. The summed E-state index contributed by atoms with van der Waals surface area (Å²) in [4.78, 5) is 15.8. The summed E-state index contributed by atoms with van der Waals surface area (Å²) in [6.45, 7) is 5.69. The van der Waals surface area contributed by atoms with Crippen molar-refractivity contribution in [3.63, 3.8) is 0 Å². The molecule has 0 atom stereocenters. The van der Waals surface area contributed by atoms with Gasteiger partial charge in [-0.1, -0.05) is 51.2 Å². The molecule has 2 aromatic rings. The predicted octanol–water partition coefficient (Wildman–Crippen LogP) is 4.86. The van der Waals surface area contributed by atoms with E-state index < -0.39 is 0 Å². The van der Waals surface area contributed by atoms with E-state index in [4.69, 9.17) is 4.98 Å². The zero-order valence-corrected chi connectivity index (χ0v) is 15.9. The number of nitrogens with one attached hydrogen (secondary N) is 1. The highest BCUT2D eigenvalue weighted by molar-refractivity contribution is 5.75. The summed E-state index contributed by atoms with van der Waals surface area (Å²) < 4.78 is 2.43. The van der Waals surface area contributed by atoms with E-state index in [0.717, 1.165) is 44.3 Å². The molecule has 0 bridgehead atoms. The summed E-state index contributed by atoms with van der Waals surface area (Å²) in [5, 5.41) is 2.86. The van der Waals surface area contributed by atoms with Gasteiger partial charge in [0.25, 0.3) is 0 Å². The summed E-state index contributed by atoms with van der Waals surface area (Å²) in [6, 6.07) is 8.48. The van der Waals surface area contributed by atoms with Gasteiger partial charge in [-0.15, -0.1) is 0 Å². The number of hydrogen-bond acceptors (Lipinski definition) is 2. The van der Waals surface area contributed by atoms with E-state index >= 15 is 0 Å². The molecule has 1 aromatic heterocycles. The maximum absolute atomic E-state index is 10.9. The van der Waals surface area contributed by atoms with Crippen molar-refractivity contribution in [2.45, 2.75) is 78.2 Å². The van der Waals surface area contributed by atoms with Crippen LogP contribution in [0.15, 0.2) is 24.3 Å². The smallest absolute Gasteiger partial charge is 0.216 e. The topological polar surface area (TPSA) is 46.9 Å². The monoisotopic (exact) mass is 343 g/mol. The first-order valence-corrected chi connectivity index (χ1v) is 9.91. The molecule has 0 aliphatic carbocycles. The third kappa shape index (κ3) is 6.52. The zero-order valence-electron chi connectivity index (χ0n) is 15.9. The number of unbranched alkanes of at least 4 members (excludes halogenated alkanes) is 6. The number of aryl methyl sites for hydroxylation is 2. The minimum absolute atomic E-state index is 0.0601. The molecule has 0 spiro atoms. The van der Waals surface area contributed by atoms with Crippen LogP contribution in [0.25, 0.3) is 11.0 Å². The molecule has 4 heteroatoms. The first-order chi connectivity index (χ1) is 12.2. The van der Waals surface area contributed by atoms with Crippen LogP contribution in [0, 0.1) is 0 Å². The first-order valence-electron chi connectivity index (χ1n) is 9.91. The quantitative estimate of drug-likeness (QED) is 0.560. The van der Waals surface area contributed by atoms with Crippen molar-refractivity contribution in [1.29, 1.82) is 0 Å². The molecule has 1 heterocycles. The van der Waals surface area contributed by atoms with Gasteiger partial charge in [0.1, 0.15) is 5.82 Å². The molecule has 0 radical (unpaired) electrons. The Morgan fingerprint density at radius 2 is 1.80 bits per heavy atom. The maximum atomic E-state index is 10.9. The lowest BCUT2D eigenvalue weighted by atomic mass is 10.1. The highest BCUT2D eigenvalue weighted by atomic mass is 16.1. The Hall–Kier alpha value is -1.84. The lowest BCUT2D eigenvalue weighted by Gasteiger charge is -2.09. The number of fused-ring (bicyclic) bond motifs is 1. The van der Waals surface area contributed by atoms with Crippen LogP contribution >= 0.6 is 0 Å². The molecule has 1 aromatic carbocycles. The predicted molar refractivity (Wildman–Crippen MR) is 105 cm³/mol. The van der Waals surface area contributed by atoms with Crippen LogP contribution in [0.2, 0.25) is 0 Å². The minimum atomic E-state index is 0.0601. The second-order valence-electron chi connectivity index (χ2n) is 6.88. The van der Waals surface area contributed by atoms with E-state index in [1.54, 1.807) is 6.92 Å². The number of carbonyl (C=O) groups excluding carboxylic acids is 1. The molecule has 0 aliphatic rings. The normalized spacial score (nSPS) is 11.1. The molecule has 0 saturated heterocycles. The Labute approximate surface area is 152 Å². The van der Waals surface area contributed by atoms with E-state index in [0.29, 0.717) is 0 Å². The first kappa shape index (κ1) is 19.5. The number of aromatic nitrogens is 2. The van der Waals surface area contributed by atoms with Gasteiger partial charge in [0, 0.05) is 26.4 Å². The van der Waals surface area contributed by atoms with E-state index in [1.807, 2.05) is 0 Å². The van der Waals surface area contributed by atoms with E-state index in [-0.39, 0.29) is 5.91 Å². The standard InChI is InChI=1S/C21H33N3O/c1-3-4-5-6-12-17-24-20-14-10-9-13-19(20)23-21(24)15-8-7-11-16-22-18(2)25/h9-10,13-14H,3-8,11-12,15-17H2,1-2H3,(H,22,25). The largest absolute Gasteiger partial charge is 0.356 e. The van der Waals surface area contributed by atoms with Crippen molar-refractivity contribution in [1.82, 2.24) is 14.9 Å². The summed E-state index contributed by atoms with van der Waals surface area (Å²) in [5.41, 5.74) is 2.38. The zero-order chi connectivity index (χ0) is 17.9. The molecule has 2 rings (SSSR count). The van der Waals surface area contributed by atoms with E-state index in [9.17, 15) is 4.79 Å². The van der Waals surface area contributed by atoms with Crippen LogP contribution in [0.1, 0.15) is 71.0 Å². The van der Waals surface area contributed by atoms with Gasteiger partial charge in [-0.25, -0.2) is 4.98 Å². The highest BCUT2D eigenvalue weighted by Gasteiger charge is 2.09. The number of para-hydroxylation sites is 2. The molecule has 0 fully saturated rings. The average Bonchev–Trinajstić information content (AvgIpc) is 2.95. The molecule has 0 saturated carbocycles. The molecule has 138 valence electrons. The Balaban J connectivity index is 1.88. The summed E-state index contributed by atoms with van der Waals surface area (Å²) in [7, 11) is 0. The lowest BCUT2D eigenvalue weighted by Crippen LogP contribution is -2.20. The van der Waals surface area contributed by atoms with Gasteiger partial charge in [0.2, 0.25) is 5.91 Å². The Morgan fingerprint density at radius 3 is 2.60 bits per heavy atom. The van der Waals surface area contributed by atoms with Crippen molar-refractivity contribution in [3.05, 3.63) is 30.1 Å². The Bertz CT molecular complexity index is 648. The van der Waals surface area contributed by atoms with Crippen molar-refractivity contribution in [2.24, 2.45) is 0 Å². The number of benzene rings is 1. The molecule has 1 amide bonds. The van der Waals surface area contributed by atoms with Crippen LogP contribution in [0.5, 0.6) is 0 Å². The fraction of sp³-hybridized carbons (Fsp3) is 0.619. The lowest BCUT2D eigenvalue weighted by molar-refractivity contribution is -0.118. The molecule has 25 heavy (non-hydrogen) atoms. The Morgan fingerprint density at radius 1 is 1.04 bits per heavy atom. The van der Waals surface area contributed by atoms with E-state index in [2.05, 4.69) is 41.1 Å². The fourth-order valence-corrected chi connectivity index (χ4v) is 3.29. The van der Waals surface area contributed by atoms with Crippen LogP contribution in [-0.2, 0) is 17.8 Å². The van der Waals surface area contributed by atoms with Crippen molar-refractivity contribution in [3.8, 4) is 0 Å². The number of rotatable bonds is 12. The molecule has 1 N–H and O–H groups in total. The van der Waals surface area contributed by atoms with Gasteiger partial charge in [0.15, 0.2) is 0 Å². The number of nitrogens with zero attached hydrogens (tertiary/aromatic N) is 2. The molecule has 0 unspecified atom stereocenters. The van der Waals surface area contributed by atoms with Gasteiger partial charge in [-0.3, -0.25) is 4.79 Å². The van der Waals surface area contributed by atoms with Crippen molar-refractivity contribution >= 4 is 16.9 Å². The van der Waals surface area contributed by atoms with Gasteiger partial charge in [-0.05, 0) is 31.4 Å². The number of imidazole rings is 1.